The summed E-state index contributed by atoms with van der Waals surface area (Å²) >= 11 is 0. The van der Waals surface area contributed by atoms with Crippen LogP contribution in [0.2, 0.25) is 0 Å². The molecule has 0 aliphatic rings. The van der Waals surface area contributed by atoms with Crippen molar-refractivity contribution >= 4 is 7.60 Å². The zero-order valence-electron chi connectivity index (χ0n) is 21.5. The summed E-state index contributed by atoms with van der Waals surface area (Å²) in [6.07, 6.45) is 21.5. The van der Waals surface area contributed by atoms with Crippen LogP contribution in [0, 0.1) is 0 Å². The van der Waals surface area contributed by atoms with Crippen LogP contribution in [0.15, 0.2) is 60.7 Å². The quantitative estimate of drug-likeness (QED) is 0.130. The molecule has 0 heterocycles. The fourth-order valence-electron chi connectivity index (χ4n) is 4.25. The summed E-state index contributed by atoms with van der Waals surface area (Å²) in [4.78, 5) is 0. The third-order valence-corrected chi connectivity index (χ3v) is 8.10. The van der Waals surface area contributed by atoms with Gasteiger partial charge >= 0.3 is 7.60 Å². The first kappa shape index (κ1) is 28.5. The van der Waals surface area contributed by atoms with E-state index in [9.17, 15) is 4.57 Å². The molecule has 0 atom stereocenters. The van der Waals surface area contributed by atoms with Gasteiger partial charge < -0.3 is 9.05 Å². The van der Waals surface area contributed by atoms with Crippen molar-refractivity contribution in [2.24, 2.45) is 0 Å². The molecule has 0 saturated heterocycles. The number of unbranched alkanes of at least 4 members (excludes halogenated alkanes) is 15. The highest BCUT2D eigenvalue weighted by Crippen LogP contribution is 2.49. The first-order valence-corrected chi connectivity index (χ1v) is 15.5. The Hall–Kier alpha value is -1.73. The lowest BCUT2D eigenvalue weighted by atomic mass is 10.0. The minimum atomic E-state index is -3.25. The molecule has 2 rings (SSSR count). The number of rotatable bonds is 21. The lowest BCUT2D eigenvalue weighted by Gasteiger charge is -2.20. The van der Waals surface area contributed by atoms with E-state index in [2.05, 4.69) is 6.92 Å². The maximum absolute atomic E-state index is 13.5. The zero-order valence-corrected chi connectivity index (χ0v) is 22.4. The molecular formula is C30H47O3P. The monoisotopic (exact) mass is 486 g/mol. The van der Waals surface area contributed by atoms with Gasteiger partial charge in [-0.3, -0.25) is 0 Å². The van der Waals surface area contributed by atoms with Crippen LogP contribution in [0.4, 0.5) is 0 Å². The Morgan fingerprint density at radius 1 is 0.500 bits per heavy atom. The van der Waals surface area contributed by atoms with Gasteiger partial charge in [-0.25, -0.2) is 4.57 Å². The first-order valence-electron chi connectivity index (χ1n) is 13.8. The van der Waals surface area contributed by atoms with E-state index >= 15 is 0 Å². The van der Waals surface area contributed by atoms with Crippen molar-refractivity contribution in [3.63, 3.8) is 0 Å². The summed E-state index contributed by atoms with van der Waals surface area (Å²) in [5, 5.41) is 0. The Balaban J connectivity index is 1.54. The minimum Gasteiger partial charge on any atom is -0.416 e. The Kier molecular flexibility index (Phi) is 15.6. The van der Waals surface area contributed by atoms with Gasteiger partial charge in [0.25, 0.3) is 0 Å². The maximum Gasteiger partial charge on any atom is 0.430 e. The standard InChI is InChI=1S/C30H47O3P/c1-2-3-4-5-6-7-8-9-10-11-12-13-14-15-16-23-28-34(31,32-29-24-19-17-20-25-29)33-30-26-21-18-22-27-30/h17-22,24-27H,2-16,23,28H2,1H3. The second-order valence-electron chi connectivity index (χ2n) is 9.45. The fraction of sp³-hybridized carbons (Fsp3) is 0.600. The molecule has 2 aromatic carbocycles. The Labute approximate surface area is 209 Å². The maximum atomic E-state index is 13.5. The molecule has 0 unspecified atom stereocenters. The largest absolute Gasteiger partial charge is 0.430 e. The number of hydrogen-bond donors (Lipinski definition) is 0. The van der Waals surface area contributed by atoms with Crippen molar-refractivity contribution in [1.82, 2.24) is 0 Å². The fourth-order valence-corrected chi connectivity index (χ4v) is 5.96. The molecule has 0 aliphatic carbocycles. The van der Waals surface area contributed by atoms with Crippen LogP contribution in [0.25, 0.3) is 0 Å². The van der Waals surface area contributed by atoms with Crippen LogP contribution in [0.3, 0.4) is 0 Å². The molecule has 2 aromatic rings. The van der Waals surface area contributed by atoms with Crippen molar-refractivity contribution in [1.29, 1.82) is 0 Å². The van der Waals surface area contributed by atoms with Gasteiger partial charge in [-0.1, -0.05) is 140 Å². The van der Waals surface area contributed by atoms with Crippen LogP contribution < -0.4 is 9.05 Å². The molecule has 190 valence electrons. The van der Waals surface area contributed by atoms with Crippen LogP contribution in [-0.4, -0.2) is 6.16 Å². The summed E-state index contributed by atoms with van der Waals surface area (Å²) < 4.78 is 25.2. The molecule has 3 nitrogen and oxygen atoms in total. The third-order valence-electron chi connectivity index (χ3n) is 6.26. The molecule has 34 heavy (non-hydrogen) atoms. The Bertz CT molecular complexity index is 718. The molecule has 0 amide bonds. The van der Waals surface area contributed by atoms with Gasteiger partial charge in [0.1, 0.15) is 11.5 Å². The van der Waals surface area contributed by atoms with Gasteiger partial charge in [0.05, 0.1) is 6.16 Å². The van der Waals surface area contributed by atoms with E-state index in [-0.39, 0.29) is 0 Å². The van der Waals surface area contributed by atoms with Crippen molar-refractivity contribution in [2.75, 3.05) is 6.16 Å². The van der Waals surface area contributed by atoms with Gasteiger partial charge in [0.15, 0.2) is 0 Å². The predicted molar refractivity (Wildman–Crippen MR) is 146 cm³/mol. The van der Waals surface area contributed by atoms with Gasteiger partial charge in [-0.15, -0.1) is 0 Å². The van der Waals surface area contributed by atoms with E-state index in [0.717, 1.165) is 12.8 Å². The van der Waals surface area contributed by atoms with E-state index in [1.165, 1.54) is 89.9 Å². The van der Waals surface area contributed by atoms with Gasteiger partial charge in [0.2, 0.25) is 0 Å². The van der Waals surface area contributed by atoms with Gasteiger partial charge in [-0.05, 0) is 30.7 Å². The molecule has 0 bridgehead atoms. The highest BCUT2D eigenvalue weighted by Gasteiger charge is 2.27. The van der Waals surface area contributed by atoms with Gasteiger partial charge in [0, 0.05) is 0 Å². The molecule has 0 radical (unpaired) electrons. The average Bonchev–Trinajstić information content (AvgIpc) is 2.85. The summed E-state index contributed by atoms with van der Waals surface area (Å²) in [7, 11) is -3.25. The minimum absolute atomic E-state index is 0.440. The van der Waals surface area contributed by atoms with Crippen molar-refractivity contribution in [3.05, 3.63) is 60.7 Å². The van der Waals surface area contributed by atoms with E-state index in [4.69, 9.17) is 9.05 Å². The van der Waals surface area contributed by atoms with E-state index in [1.807, 2.05) is 60.7 Å². The van der Waals surface area contributed by atoms with Crippen molar-refractivity contribution in [2.45, 2.75) is 110 Å². The second kappa shape index (κ2) is 18.6. The van der Waals surface area contributed by atoms with Crippen molar-refractivity contribution < 1.29 is 13.6 Å². The van der Waals surface area contributed by atoms with E-state index in [1.54, 1.807) is 0 Å². The van der Waals surface area contributed by atoms with Crippen LogP contribution in [0.5, 0.6) is 11.5 Å². The number of hydrogen-bond acceptors (Lipinski definition) is 3. The molecular weight excluding hydrogens is 439 g/mol. The van der Waals surface area contributed by atoms with E-state index < -0.39 is 7.60 Å². The summed E-state index contributed by atoms with van der Waals surface area (Å²) in [5.41, 5.74) is 0. The average molecular weight is 487 g/mol. The van der Waals surface area contributed by atoms with Gasteiger partial charge in [-0.2, -0.15) is 0 Å². The molecule has 0 fully saturated rings. The highest BCUT2D eigenvalue weighted by atomic mass is 31.2. The molecule has 0 spiro atoms. The number of para-hydroxylation sites is 2. The zero-order chi connectivity index (χ0) is 24.2. The third kappa shape index (κ3) is 13.9. The lowest BCUT2D eigenvalue weighted by molar-refractivity contribution is 0.383. The number of benzene rings is 2. The van der Waals surface area contributed by atoms with E-state index in [0.29, 0.717) is 17.7 Å². The Morgan fingerprint density at radius 3 is 1.18 bits per heavy atom. The van der Waals surface area contributed by atoms with Crippen LogP contribution in [-0.2, 0) is 4.57 Å². The SMILES string of the molecule is CCCCCCCCCCCCCCCCCCP(=O)(Oc1ccccc1)Oc1ccccc1. The van der Waals surface area contributed by atoms with Crippen LogP contribution >= 0.6 is 7.60 Å². The predicted octanol–water partition coefficient (Wildman–Crippen LogP) is 10.6. The normalized spacial score (nSPS) is 11.4. The molecule has 0 aliphatic heterocycles. The molecule has 4 heteroatoms. The second-order valence-corrected chi connectivity index (χ2v) is 11.5. The van der Waals surface area contributed by atoms with Crippen LogP contribution in [0.1, 0.15) is 110 Å². The summed E-state index contributed by atoms with van der Waals surface area (Å²) in [5.74, 6) is 1.19. The Morgan fingerprint density at radius 2 is 0.824 bits per heavy atom. The molecule has 0 N–H and O–H groups in total. The molecule has 0 saturated carbocycles. The first-order chi connectivity index (χ1) is 16.7. The topological polar surface area (TPSA) is 35.5 Å². The summed E-state index contributed by atoms with van der Waals surface area (Å²) in [6, 6.07) is 18.7. The smallest absolute Gasteiger partial charge is 0.416 e. The molecule has 0 aromatic heterocycles. The summed E-state index contributed by atoms with van der Waals surface area (Å²) in [6.45, 7) is 2.28. The highest BCUT2D eigenvalue weighted by molar-refractivity contribution is 7.54. The van der Waals surface area contributed by atoms with Crippen molar-refractivity contribution in [3.8, 4) is 11.5 Å². The lowest BCUT2D eigenvalue weighted by Crippen LogP contribution is -2.05.